The van der Waals surface area contributed by atoms with Crippen LogP contribution in [0.25, 0.3) is 11.0 Å². The number of likely N-dealkylation sites (tertiary alicyclic amines) is 1. The van der Waals surface area contributed by atoms with Crippen molar-refractivity contribution in [3.8, 4) is 5.75 Å². The minimum absolute atomic E-state index is 0.0230. The number of nitrogens with one attached hydrogen (secondary N) is 3. The molecule has 2 aliphatic rings. The summed E-state index contributed by atoms with van der Waals surface area (Å²) in [7, 11) is 1.70. The standard InChI is InChI=1S/C30H35Cl2F3N6O3/c1-16-4-3-11-41(16)30(43)36-14-17-5-10-21(31)27(26(17)32)39-29-38-22-12-20(28(42)37-19-8-6-18(33)7-9-19)24(44-15-25(34)35)13-23(22)40(29)2/h5,10,12-13,16,18-19,25H,3-4,6-9,11,14-15H2,1-2H3,(H,36,43)(H,37,42)(H,38,39). The van der Waals surface area contributed by atoms with Crippen molar-refractivity contribution in [3.05, 3.63) is 45.4 Å². The van der Waals surface area contributed by atoms with Gasteiger partial charge in [0.05, 0.1) is 32.3 Å². The van der Waals surface area contributed by atoms with Crippen molar-refractivity contribution >= 4 is 57.8 Å². The lowest BCUT2D eigenvalue weighted by atomic mass is 9.94. The number of ether oxygens (including phenoxy) is 1. The molecule has 1 saturated heterocycles. The van der Waals surface area contributed by atoms with Crippen LogP contribution < -0.4 is 20.7 Å². The average molecular weight is 656 g/mol. The van der Waals surface area contributed by atoms with Gasteiger partial charge in [-0.1, -0.05) is 29.3 Å². The first-order valence-corrected chi connectivity index (χ1v) is 15.4. The predicted molar refractivity (Wildman–Crippen MR) is 164 cm³/mol. The molecule has 2 fully saturated rings. The van der Waals surface area contributed by atoms with Crippen LogP contribution in [0.4, 0.5) is 29.6 Å². The predicted octanol–water partition coefficient (Wildman–Crippen LogP) is 6.97. The van der Waals surface area contributed by atoms with E-state index in [1.54, 1.807) is 28.6 Å². The maximum absolute atomic E-state index is 13.6. The number of hydrogen-bond donors (Lipinski definition) is 3. The number of aryl methyl sites for hydroxylation is 1. The number of anilines is 2. The van der Waals surface area contributed by atoms with Crippen molar-refractivity contribution < 1.29 is 27.5 Å². The van der Waals surface area contributed by atoms with E-state index in [0.29, 0.717) is 70.5 Å². The van der Waals surface area contributed by atoms with Gasteiger partial charge in [-0.2, -0.15) is 0 Å². The van der Waals surface area contributed by atoms with Gasteiger partial charge in [-0.05, 0) is 63.1 Å². The van der Waals surface area contributed by atoms with Gasteiger partial charge in [0.1, 0.15) is 18.5 Å². The van der Waals surface area contributed by atoms with Crippen LogP contribution in [0.2, 0.25) is 10.0 Å². The summed E-state index contributed by atoms with van der Waals surface area (Å²) in [5, 5.41) is 9.55. The minimum Gasteiger partial charge on any atom is -0.487 e. The van der Waals surface area contributed by atoms with E-state index in [2.05, 4.69) is 20.9 Å². The van der Waals surface area contributed by atoms with E-state index in [4.69, 9.17) is 27.9 Å². The van der Waals surface area contributed by atoms with Gasteiger partial charge in [0.2, 0.25) is 5.95 Å². The number of aromatic nitrogens is 2. The number of benzene rings is 2. The number of urea groups is 1. The number of alkyl halides is 3. The lowest BCUT2D eigenvalue weighted by Gasteiger charge is -2.25. The Kier molecular flexibility index (Phi) is 9.99. The van der Waals surface area contributed by atoms with Crippen LogP contribution in [0.15, 0.2) is 24.3 Å². The summed E-state index contributed by atoms with van der Waals surface area (Å²) >= 11 is 13.2. The highest BCUT2D eigenvalue weighted by Gasteiger charge is 2.27. The molecule has 0 bridgehead atoms. The number of carbonyl (C=O) groups excluding carboxylic acids is 2. The molecule has 1 aromatic heterocycles. The highest BCUT2D eigenvalue weighted by molar-refractivity contribution is 6.39. The third-order valence-corrected chi connectivity index (χ3v) is 8.98. The molecule has 0 radical (unpaired) electrons. The Morgan fingerprint density at radius 2 is 1.89 bits per heavy atom. The van der Waals surface area contributed by atoms with Crippen LogP contribution >= 0.6 is 23.2 Å². The van der Waals surface area contributed by atoms with Crippen molar-refractivity contribution in [1.82, 2.24) is 25.1 Å². The Morgan fingerprint density at radius 1 is 1.14 bits per heavy atom. The maximum Gasteiger partial charge on any atom is 0.317 e. The summed E-state index contributed by atoms with van der Waals surface area (Å²) in [6.07, 6.45) is -0.0168. The Balaban J connectivity index is 1.39. The van der Waals surface area contributed by atoms with Crippen LogP contribution in [0.1, 0.15) is 61.4 Å². The first-order chi connectivity index (χ1) is 21.0. The summed E-state index contributed by atoms with van der Waals surface area (Å²) in [5.41, 5.74) is 1.95. The van der Waals surface area contributed by atoms with Gasteiger partial charge in [-0.25, -0.2) is 22.9 Å². The fourth-order valence-electron chi connectivity index (χ4n) is 5.71. The van der Waals surface area contributed by atoms with Gasteiger partial charge < -0.3 is 30.2 Å². The van der Waals surface area contributed by atoms with Gasteiger partial charge in [-0.3, -0.25) is 4.79 Å². The summed E-state index contributed by atoms with van der Waals surface area (Å²) in [4.78, 5) is 32.3. The number of amides is 3. The van der Waals surface area contributed by atoms with Crippen LogP contribution in [0.5, 0.6) is 5.75 Å². The van der Waals surface area contributed by atoms with E-state index < -0.39 is 25.1 Å². The molecule has 1 aliphatic heterocycles. The molecule has 2 heterocycles. The van der Waals surface area contributed by atoms with E-state index in [0.717, 1.165) is 12.8 Å². The second-order valence-corrected chi connectivity index (χ2v) is 12.1. The van der Waals surface area contributed by atoms with E-state index in [-0.39, 0.29) is 36.0 Å². The quantitative estimate of drug-likeness (QED) is 0.231. The van der Waals surface area contributed by atoms with Crippen LogP contribution in [-0.2, 0) is 13.6 Å². The lowest BCUT2D eigenvalue weighted by molar-refractivity contribution is 0.0789. The monoisotopic (exact) mass is 654 g/mol. The van der Waals surface area contributed by atoms with E-state index >= 15 is 0 Å². The van der Waals surface area contributed by atoms with Crippen molar-refractivity contribution in [3.63, 3.8) is 0 Å². The topological polar surface area (TPSA) is 101 Å². The number of nitrogens with zero attached hydrogens (tertiary/aromatic N) is 3. The summed E-state index contributed by atoms with van der Waals surface area (Å²) in [5.74, 6) is -0.220. The third kappa shape index (κ3) is 7.12. The third-order valence-electron chi connectivity index (χ3n) is 8.24. The van der Waals surface area contributed by atoms with Crippen molar-refractivity contribution in [2.24, 2.45) is 7.05 Å². The molecule has 3 N–H and O–H groups in total. The molecule has 1 unspecified atom stereocenters. The highest BCUT2D eigenvalue weighted by Crippen LogP contribution is 2.37. The molecular weight excluding hydrogens is 620 g/mol. The number of imidazole rings is 1. The Morgan fingerprint density at radius 3 is 2.57 bits per heavy atom. The zero-order chi connectivity index (χ0) is 31.5. The first kappa shape index (κ1) is 32.0. The summed E-state index contributed by atoms with van der Waals surface area (Å²) in [6, 6.07) is 6.14. The van der Waals surface area contributed by atoms with Crippen LogP contribution in [0.3, 0.4) is 0 Å². The molecule has 3 amide bonds. The summed E-state index contributed by atoms with van der Waals surface area (Å²) in [6.45, 7) is 2.01. The van der Waals surface area contributed by atoms with Crippen LogP contribution in [0, 0.1) is 0 Å². The van der Waals surface area contributed by atoms with Crippen LogP contribution in [-0.4, -0.2) is 64.2 Å². The first-order valence-electron chi connectivity index (χ1n) is 14.7. The molecule has 44 heavy (non-hydrogen) atoms. The van der Waals surface area contributed by atoms with Crippen molar-refractivity contribution in [2.75, 3.05) is 18.5 Å². The molecule has 1 atom stereocenters. The fourth-order valence-corrected chi connectivity index (χ4v) is 6.24. The van der Waals surface area contributed by atoms with Gasteiger partial charge in [0, 0.05) is 38.3 Å². The summed E-state index contributed by atoms with van der Waals surface area (Å²) < 4.78 is 46.7. The zero-order valence-corrected chi connectivity index (χ0v) is 26.0. The second-order valence-electron chi connectivity index (χ2n) is 11.3. The fraction of sp³-hybridized carbons (Fsp3) is 0.500. The molecule has 2 aromatic carbocycles. The number of halogens is 5. The molecule has 14 heteroatoms. The van der Waals surface area contributed by atoms with Crippen molar-refractivity contribution in [1.29, 1.82) is 0 Å². The van der Waals surface area contributed by atoms with Crippen molar-refractivity contribution in [2.45, 2.75) is 76.7 Å². The molecule has 5 rings (SSSR count). The molecule has 3 aromatic rings. The number of fused-ring (bicyclic) bond motifs is 1. The Bertz CT molecular complexity index is 1530. The SMILES string of the molecule is CC1CCCN1C(=O)NCc1ccc(Cl)c(Nc2nc3cc(C(=O)NC4CCC(F)CC4)c(OCC(F)F)cc3n2C)c1Cl. The second kappa shape index (κ2) is 13.7. The van der Waals surface area contributed by atoms with Gasteiger partial charge in [-0.15, -0.1) is 0 Å². The Hall–Kier alpha value is -3.38. The minimum atomic E-state index is -2.75. The number of carbonyl (C=O) groups is 2. The molecule has 1 saturated carbocycles. The molecule has 1 aliphatic carbocycles. The van der Waals surface area contributed by atoms with Gasteiger partial charge >= 0.3 is 6.03 Å². The molecule has 238 valence electrons. The highest BCUT2D eigenvalue weighted by atomic mass is 35.5. The molecule has 9 nitrogen and oxygen atoms in total. The largest absolute Gasteiger partial charge is 0.487 e. The smallest absolute Gasteiger partial charge is 0.317 e. The normalized spacial score (nSPS) is 20.3. The van der Waals surface area contributed by atoms with E-state index in [1.807, 2.05) is 6.92 Å². The molecule has 0 spiro atoms. The Labute approximate surface area is 263 Å². The lowest BCUT2D eigenvalue weighted by Crippen LogP contribution is -2.41. The van der Waals surface area contributed by atoms with E-state index in [9.17, 15) is 22.8 Å². The number of rotatable bonds is 9. The van der Waals surface area contributed by atoms with Gasteiger partial charge in [0.25, 0.3) is 12.3 Å². The average Bonchev–Trinajstić information content (AvgIpc) is 3.56. The maximum atomic E-state index is 13.6. The van der Waals surface area contributed by atoms with Gasteiger partial charge in [0.15, 0.2) is 0 Å². The number of hydrogen-bond acceptors (Lipinski definition) is 5. The van der Waals surface area contributed by atoms with E-state index in [1.165, 1.54) is 12.1 Å². The molecular formula is C30H35Cl2F3N6O3. The zero-order valence-electron chi connectivity index (χ0n) is 24.4.